The van der Waals surface area contributed by atoms with Gasteiger partial charge in [0.25, 0.3) is 0 Å². The van der Waals surface area contributed by atoms with Crippen LogP contribution in [0.25, 0.3) is 0 Å². The molecule has 4 rings (SSSR count). The lowest BCUT2D eigenvalue weighted by Gasteiger charge is -2.55. The number of hydrogen-bond acceptors (Lipinski definition) is 4. The molecule has 28 heavy (non-hydrogen) atoms. The van der Waals surface area contributed by atoms with Crippen molar-refractivity contribution < 1.29 is 19.1 Å². The summed E-state index contributed by atoms with van der Waals surface area (Å²) in [6, 6.07) is 6.53. The summed E-state index contributed by atoms with van der Waals surface area (Å²) < 4.78 is 11.3. The Bertz CT molecular complexity index is 815. The second-order valence-corrected chi connectivity index (χ2v) is 9.51. The molecule has 0 spiro atoms. The van der Waals surface area contributed by atoms with Crippen LogP contribution >= 0.6 is 0 Å². The third kappa shape index (κ3) is 2.56. The average molecular weight is 385 g/mol. The zero-order valence-electron chi connectivity index (χ0n) is 17.7. The average Bonchev–Trinajstić information content (AvgIpc) is 2.93. The maximum absolute atomic E-state index is 12.8. The third-order valence-electron chi connectivity index (χ3n) is 8.23. The van der Waals surface area contributed by atoms with E-state index in [1.807, 2.05) is 0 Å². The fourth-order valence-corrected chi connectivity index (χ4v) is 7.29. The molecule has 1 aromatic rings. The van der Waals surface area contributed by atoms with Crippen LogP contribution in [0.3, 0.4) is 0 Å². The Labute approximate surface area is 168 Å². The zero-order valence-corrected chi connectivity index (χ0v) is 17.7. The molecule has 3 aliphatic carbocycles. The van der Waals surface area contributed by atoms with E-state index in [9.17, 15) is 9.59 Å². The number of ketones is 1. The Hall–Kier alpha value is -1.84. The molecule has 0 amide bonds. The highest BCUT2D eigenvalue weighted by Gasteiger charge is 2.67. The van der Waals surface area contributed by atoms with Gasteiger partial charge in [0, 0.05) is 12.3 Å². The number of esters is 1. The first kappa shape index (κ1) is 19.5. The SMILES string of the molecule is COc1ccc2c(c1)CC[C@H]1[C@H]2[C@H](C)C[C@@]2(C)[C@H]1CC[C@@]2(OC(C)=O)C(C)=O. The topological polar surface area (TPSA) is 52.6 Å². The van der Waals surface area contributed by atoms with Gasteiger partial charge in [0.05, 0.1) is 7.11 Å². The summed E-state index contributed by atoms with van der Waals surface area (Å²) in [5.41, 5.74) is 1.63. The number of benzene rings is 1. The Morgan fingerprint density at radius 1 is 1.18 bits per heavy atom. The largest absolute Gasteiger partial charge is 0.497 e. The highest BCUT2D eigenvalue weighted by molar-refractivity contribution is 5.89. The number of rotatable bonds is 3. The molecule has 3 aliphatic rings. The van der Waals surface area contributed by atoms with E-state index < -0.39 is 5.60 Å². The van der Waals surface area contributed by atoms with Crippen molar-refractivity contribution in [1.29, 1.82) is 0 Å². The van der Waals surface area contributed by atoms with E-state index in [0.717, 1.165) is 31.4 Å². The minimum absolute atomic E-state index is 0.0132. The van der Waals surface area contributed by atoms with Crippen molar-refractivity contribution in [2.45, 2.75) is 71.3 Å². The van der Waals surface area contributed by atoms with E-state index in [-0.39, 0.29) is 17.2 Å². The van der Waals surface area contributed by atoms with Crippen LogP contribution in [0.5, 0.6) is 5.75 Å². The molecule has 2 saturated carbocycles. The molecule has 0 heterocycles. The zero-order chi connectivity index (χ0) is 20.3. The highest BCUT2D eigenvalue weighted by atomic mass is 16.6. The van der Waals surface area contributed by atoms with Crippen LogP contribution in [0, 0.1) is 23.2 Å². The second kappa shape index (κ2) is 6.60. The van der Waals surface area contributed by atoms with Gasteiger partial charge < -0.3 is 9.47 Å². The van der Waals surface area contributed by atoms with Gasteiger partial charge in [-0.2, -0.15) is 0 Å². The van der Waals surface area contributed by atoms with Gasteiger partial charge in [0.15, 0.2) is 11.4 Å². The van der Waals surface area contributed by atoms with Gasteiger partial charge in [0.2, 0.25) is 0 Å². The molecule has 0 aliphatic heterocycles. The molecule has 1 aromatic carbocycles. The molecule has 0 N–H and O–H groups in total. The van der Waals surface area contributed by atoms with E-state index in [1.54, 1.807) is 14.0 Å². The van der Waals surface area contributed by atoms with Crippen molar-refractivity contribution >= 4 is 11.8 Å². The van der Waals surface area contributed by atoms with Crippen LogP contribution in [0.1, 0.15) is 70.4 Å². The lowest BCUT2D eigenvalue weighted by Crippen LogP contribution is -2.58. The summed E-state index contributed by atoms with van der Waals surface area (Å²) in [5.74, 6) is 2.49. The Morgan fingerprint density at radius 2 is 1.93 bits per heavy atom. The molecular formula is C24H32O4. The smallest absolute Gasteiger partial charge is 0.303 e. The van der Waals surface area contributed by atoms with Crippen LogP contribution in [0.2, 0.25) is 0 Å². The number of Topliss-reactive ketones (excluding diaryl/α,β-unsaturated/α-hetero) is 1. The van der Waals surface area contributed by atoms with Gasteiger partial charge in [-0.05, 0) is 86.0 Å². The maximum Gasteiger partial charge on any atom is 0.303 e. The molecule has 0 saturated heterocycles. The van der Waals surface area contributed by atoms with Crippen LogP contribution in [0.4, 0.5) is 0 Å². The molecule has 4 heteroatoms. The molecule has 0 unspecified atom stereocenters. The van der Waals surface area contributed by atoms with E-state index in [2.05, 4.69) is 32.0 Å². The number of methoxy groups -OCH3 is 1. The summed E-state index contributed by atoms with van der Waals surface area (Å²) in [4.78, 5) is 24.7. The minimum atomic E-state index is -0.955. The van der Waals surface area contributed by atoms with Crippen LogP contribution < -0.4 is 4.74 Å². The second-order valence-electron chi connectivity index (χ2n) is 9.51. The van der Waals surface area contributed by atoms with Crippen molar-refractivity contribution in [2.75, 3.05) is 7.11 Å². The molecule has 6 atom stereocenters. The first-order chi connectivity index (χ1) is 13.2. The number of ether oxygens (including phenoxy) is 2. The van der Waals surface area contributed by atoms with Gasteiger partial charge in [0.1, 0.15) is 5.75 Å². The van der Waals surface area contributed by atoms with E-state index in [0.29, 0.717) is 30.1 Å². The maximum atomic E-state index is 12.8. The number of hydrogen-bond donors (Lipinski definition) is 0. The Balaban J connectivity index is 1.75. The molecule has 0 bridgehead atoms. The molecule has 152 valence electrons. The summed E-state index contributed by atoms with van der Waals surface area (Å²) in [6.45, 7) is 7.57. The van der Waals surface area contributed by atoms with Gasteiger partial charge in [-0.3, -0.25) is 9.59 Å². The number of carbonyl (C=O) groups is 2. The van der Waals surface area contributed by atoms with Crippen LogP contribution in [-0.2, 0) is 20.7 Å². The summed E-state index contributed by atoms with van der Waals surface area (Å²) >= 11 is 0. The lowest BCUT2D eigenvalue weighted by atomic mass is 9.50. The predicted molar refractivity (Wildman–Crippen MR) is 107 cm³/mol. The third-order valence-corrected chi connectivity index (χ3v) is 8.23. The van der Waals surface area contributed by atoms with E-state index in [1.165, 1.54) is 18.1 Å². The van der Waals surface area contributed by atoms with Crippen LogP contribution in [0.15, 0.2) is 18.2 Å². The molecule has 0 radical (unpaired) electrons. The minimum Gasteiger partial charge on any atom is -0.497 e. The Morgan fingerprint density at radius 3 is 2.57 bits per heavy atom. The Kier molecular flexibility index (Phi) is 4.59. The fraction of sp³-hybridized carbons (Fsp3) is 0.667. The fourth-order valence-electron chi connectivity index (χ4n) is 7.29. The van der Waals surface area contributed by atoms with Gasteiger partial charge >= 0.3 is 5.97 Å². The highest BCUT2D eigenvalue weighted by Crippen LogP contribution is 2.67. The van der Waals surface area contributed by atoms with Crippen molar-refractivity contribution in [1.82, 2.24) is 0 Å². The quantitative estimate of drug-likeness (QED) is 0.710. The van der Waals surface area contributed by atoms with Gasteiger partial charge in [-0.15, -0.1) is 0 Å². The number of aryl methyl sites for hydroxylation is 1. The first-order valence-corrected chi connectivity index (χ1v) is 10.6. The summed E-state index contributed by atoms with van der Waals surface area (Å²) in [6.07, 6.45) is 4.71. The lowest BCUT2D eigenvalue weighted by molar-refractivity contribution is -0.186. The molecule has 0 aromatic heterocycles. The number of fused-ring (bicyclic) bond motifs is 5. The first-order valence-electron chi connectivity index (χ1n) is 10.6. The molecule has 2 fully saturated rings. The standard InChI is InChI=1S/C24H32O4/c1-14-13-23(4)21(10-11-24(23,15(2)25)28-16(3)26)20-8-6-17-12-18(27-5)7-9-19(17)22(14)20/h7,9,12,14,20-22H,6,8,10-11,13H2,1-5H3/t14-,20-,21+,22+,23+,24-/m1/s1. The monoisotopic (exact) mass is 384 g/mol. The number of carbonyl (C=O) groups excluding carboxylic acids is 2. The summed E-state index contributed by atoms with van der Waals surface area (Å²) in [7, 11) is 1.72. The van der Waals surface area contributed by atoms with Crippen molar-refractivity contribution in [3.63, 3.8) is 0 Å². The van der Waals surface area contributed by atoms with Gasteiger partial charge in [-0.25, -0.2) is 0 Å². The van der Waals surface area contributed by atoms with E-state index in [4.69, 9.17) is 9.47 Å². The molecule has 4 nitrogen and oxygen atoms in total. The summed E-state index contributed by atoms with van der Waals surface area (Å²) in [5, 5.41) is 0. The van der Waals surface area contributed by atoms with Crippen molar-refractivity contribution in [3.05, 3.63) is 29.3 Å². The van der Waals surface area contributed by atoms with Crippen LogP contribution in [-0.4, -0.2) is 24.5 Å². The van der Waals surface area contributed by atoms with Crippen molar-refractivity contribution in [3.8, 4) is 5.75 Å². The predicted octanol–water partition coefficient (Wildman–Crippen LogP) is 4.69. The molecular weight excluding hydrogens is 352 g/mol. The van der Waals surface area contributed by atoms with E-state index >= 15 is 0 Å². The van der Waals surface area contributed by atoms with Crippen molar-refractivity contribution in [2.24, 2.45) is 23.2 Å². The van der Waals surface area contributed by atoms with Gasteiger partial charge in [-0.1, -0.05) is 19.9 Å². The normalized spacial score (nSPS) is 38.8.